The lowest BCUT2D eigenvalue weighted by molar-refractivity contribution is -0.143. The average Bonchev–Trinajstić information content (AvgIpc) is 2.42. The summed E-state index contributed by atoms with van der Waals surface area (Å²) in [6, 6.07) is 4.39. The first-order valence-electron chi connectivity index (χ1n) is 6.46. The normalized spacial score (nSPS) is 22.3. The summed E-state index contributed by atoms with van der Waals surface area (Å²) < 4.78 is 14.2. The minimum Gasteiger partial charge on any atom is -0.481 e. The van der Waals surface area contributed by atoms with Gasteiger partial charge in [-0.1, -0.05) is 22.4 Å². The summed E-state index contributed by atoms with van der Waals surface area (Å²) in [6.07, 6.45) is 2.27. The van der Waals surface area contributed by atoms with Crippen molar-refractivity contribution in [2.75, 3.05) is 5.32 Å². The largest absolute Gasteiger partial charge is 0.481 e. The van der Waals surface area contributed by atoms with Gasteiger partial charge in [-0.25, -0.2) is 4.39 Å². The van der Waals surface area contributed by atoms with Gasteiger partial charge in [0.2, 0.25) is 5.91 Å². The van der Waals surface area contributed by atoms with E-state index in [4.69, 9.17) is 5.11 Å². The number of rotatable bonds is 3. The molecule has 1 fully saturated rings. The van der Waals surface area contributed by atoms with Gasteiger partial charge in [-0.15, -0.1) is 0 Å². The highest BCUT2D eigenvalue weighted by Crippen LogP contribution is 2.30. The van der Waals surface area contributed by atoms with Crippen molar-refractivity contribution in [3.63, 3.8) is 0 Å². The number of benzene rings is 1. The number of hydrogen-bond acceptors (Lipinski definition) is 2. The van der Waals surface area contributed by atoms with Gasteiger partial charge in [-0.2, -0.15) is 0 Å². The number of carboxylic acids is 1. The fraction of sp³-hybridized carbons (Fsp3) is 0.429. The van der Waals surface area contributed by atoms with E-state index in [2.05, 4.69) is 21.2 Å². The van der Waals surface area contributed by atoms with Crippen LogP contribution >= 0.6 is 15.9 Å². The summed E-state index contributed by atoms with van der Waals surface area (Å²) in [5.41, 5.74) is 0.121. The fourth-order valence-electron chi connectivity index (χ4n) is 2.48. The molecule has 108 valence electrons. The molecule has 2 unspecified atom stereocenters. The lowest BCUT2D eigenvalue weighted by Crippen LogP contribution is -2.31. The lowest BCUT2D eigenvalue weighted by Gasteiger charge is -2.25. The molecule has 0 heterocycles. The number of nitrogens with one attached hydrogen (secondary N) is 1. The Morgan fingerprint density at radius 3 is 2.65 bits per heavy atom. The third-order valence-corrected chi connectivity index (χ3v) is 4.08. The zero-order valence-corrected chi connectivity index (χ0v) is 12.3. The van der Waals surface area contributed by atoms with Crippen molar-refractivity contribution in [1.82, 2.24) is 0 Å². The van der Waals surface area contributed by atoms with E-state index >= 15 is 0 Å². The molecule has 1 aromatic carbocycles. The van der Waals surface area contributed by atoms with Crippen LogP contribution in [0.3, 0.4) is 0 Å². The van der Waals surface area contributed by atoms with Crippen LogP contribution in [0.2, 0.25) is 0 Å². The Bertz CT molecular complexity index is 535. The number of amides is 1. The monoisotopic (exact) mass is 343 g/mol. The Labute approximate surface area is 124 Å². The van der Waals surface area contributed by atoms with E-state index in [9.17, 15) is 14.0 Å². The van der Waals surface area contributed by atoms with Crippen LogP contribution in [0.25, 0.3) is 0 Å². The number of aliphatic carboxylic acids is 1. The van der Waals surface area contributed by atoms with Gasteiger partial charge in [0.05, 0.1) is 11.6 Å². The number of carbonyl (C=O) groups is 2. The third kappa shape index (κ3) is 3.56. The molecule has 0 saturated heterocycles. The number of anilines is 1. The summed E-state index contributed by atoms with van der Waals surface area (Å²) in [6.45, 7) is 0. The van der Waals surface area contributed by atoms with Crippen LogP contribution in [0, 0.1) is 17.7 Å². The number of halogens is 2. The van der Waals surface area contributed by atoms with Crippen LogP contribution in [0.15, 0.2) is 22.7 Å². The molecule has 0 radical (unpaired) electrons. The smallest absolute Gasteiger partial charge is 0.306 e. The SMILES string of the molecule is O=C(O)C1CCCC(C(=O)Nc2ccc(Br)cc2F)C1. The van der Waals surface area contributed by atoms with Crippen molar-refractivity contribution in [3.8, 4) is 0 Å². The lowest BCUT2D eigenvalue weighted by atomic mass is 9.81. The average molecular weight is 344 g/mol. The van der Waals surface area contributed by atoms with Crippen molar-refractivity contribution < 1.29 is 19.1 Å². The second-order valence-electron chi connectivity index (χ2n) is 5.01. The van der Waals surface area contributed by atoms with E-state index in [1.54, 1.807) is 6.07 Å². The van der Waals surface area contributed by atoms with Crippen LogP contribution < -0.4 is 5.32 Å². The summed E-state index contributed by atoms with van der Waals surface area (Å²) in [4.78, 5) is 23.1. The molecule has 0 aromatic heterocycles. The van der Waals surface area contributed by atoms with Gasteiger partial charge >= 0.3 is 5.97 Å². The second-order valence-corrected chi connectivity index (χ2v) is 5.93. The number of carbonyl (C=O) groups excluding carboxylic acids is 1. The first kappa shape index (κ1) is 15.0. The molecule has 0 bridgehead atoms. The predicted octanol–water partition coefficient (Wildman–Crippen LogP) is 3.42. The van der Waals surface area contributed by atoms with Crippen LogP contribution in [0.5, 0.6) is 0 Å². The zero-order valence-electron chi connectivity index (χ0n) is 10.7. The molecule has 0 aliphatic heterocycles. The van der Waals surface area contributed by atoms with E-state index < -0.39 is 17.7 Å². The minimum absolute atomic E-state index is 0.121. The molecule has 4 nitrogen and oxygen atoms in total. The third-order valence-electron chi connectivity index (χ3n) is 3.58. The maximum atomic E-state index is 13.6. The van der Waals surface area contributed by atoms with E-state index in [0.717, 1.165) is 0 Å². The van der Waals surface area contributed by atoms with E-state index in [-0.39, 0.29) is 17.5 Å². The van der Waals surface area contributed by atoms with Crippen LogP contribution in [0.1, 0.15) is 25.7 Å². The van der Waals surface area contributed by atoms with Crippen LogP contribution in [-0.2, 0) is 9.59 Å². The summed E-state index contributed by atoms with van der Waals surface area (Å²) >= 11 is 3.14. The highest BCUT2D eigenvalue weighted by atomic mass is 79.9. The van der Waals surface area contributed by atoms with Gasteiger partial charge in [0.1, 0.15) is 5.82 Å². The maximum absolute atomic E-state index is 13.6. The van der Waals surface area contributed by atoms with Crippen molar-refractivity contribution in [3.05, 3.63) is 28.5 Å². The zero-order chi connectivity index (χ0) is 14.7. The molecule has 2 N–H and O–H groups in total. The molecule has 1 amide bonds. The summed E-state index contributed by atoms with van der Waals surface area (Å²) in [7, 11) is 0. The van der Waals surface area contributed by atoms with Gasteiger partial charge < -0.3 is 10.4 Å². The second kappa shape index (κ2) is 6.35. The molecular formula is C14H15BrFNO3. The molecule has 2 atom stereocenters. The van der Waals surface area contributed by atoms with Gasteiger partial charge in [-0.05, 0) is 37.5 Å². The number of hydrogen-bond donors (Lipinski definition) is 2. The van der Waals surface area contributed by atoms with Crippen molar-refractivity contribution >= 4 is 33.5 Å². The molecule has 2 rings (SSSR count). The molecule has 1 aliphatic carbocycles. The van der Waals surface area contributed by atoms with Crippen LogP contribution in [-0.4, -0.2) is 17.0 Å². The highest BCUT2D eigenvalue weighted by molar-refractivity contribution is 9.10. The molecular weight excluding hydrogens is 329 g/mol. The standard InChI is InChI=1S/C14H15BrFNO3/c15-10-4-5-12(11(16)7-10)17-13(18)8-2-1-3-9(6-8)14(19)20/h4-5,7-9H,1-3,6H2,(H,17,18)(H,19,20). The summed E-state index contributed by atoms with van der Waals surface area (Å²) in [5.74, 6) is -2.53. The Kier molecular flexibility index (Phi) is 4.75. The van der Waals surface area contributed by atoms with Crippen molar-refractivity contribution in [1.29, 1.82) is 0 Å². The van der Waals surface area contributed by atoms with Gasteiger partial charge in [0.25, 0.3) is 0 Å². The van der Waals surface area contributed by atoms with Gasteiger partial charge in [-0.3, -0.25) is 9.59 Å². The molecule has 0 spiro atoms. The first-order chi connectivity index (χ1) is 9.47. The highest BCUT2D eigenvalue weighted by Gasteiger charge is 2.31. The molecule has 1 aromatic rings. The maximum Gasteiger partial charge on any atom is 0.306 e. The quantitative estimate of drug-likeness (QED) is 0.883. The Morgan fingerprint density at radius 1 is 1.30 bits per heavy atom. The topological polar surface area (TPSA) is 66.4 Å². The molecule has 20 heavy (non-hydrogen) atoms. The van der Waals surface area contributed by atoms with Gasteiger partial charge in [0.15, 0.2) is 0 Å². The van der Waals surface area contributed by atoms with E-state index in [1.807, 2.05) is 0 Å². The van der Waals surface area contributed by atoms with Crippen molar-refractivity contribution in [2.45, 2.75) is 25.7 Å². The van der Waals surface area contributed by atoms with Gasteiger partial charge in [0, 0.05) is 10.4 Å². The Morgan fingerprint density at radius 2 is 2.00 bits per heavy atom. The van der Waals surface area contributed by atoms with Crippen LogP contribution in [0.4, 0.5) is 10.1 Å². The predicted molar refractivity (Wildman–Crippen MR) is 75.8 cm³/mol. The van der Waals surface area contributed by atoms with E-state index in [1.165, 1.54) is 12.1 Å². The first-order valence-corrected chi connectivity index (χ1v) is 7.25. The fourth-order valence-corrected chi connectivity index (χ4v) is 2.81. The van der Waals surface area contributed by atoms with E-state index in [0.29, 0.717) is 30.2 Å². The minimum atomic E-state index is -0.864. The van der Waals surface area contributed by atoms with Crippen molar-refractivity contribution in [2.24, 2.45) is 11.8 Å². The Balaban J connectivity index is 2.02. The Hall–Kier alpha value is -1.43. The number of carboxylic acid groups (broad SMARTS) is 1. The molecule has 6 heteroatoms. The molecule has 1 aliphatic rings. The molecule has 1 saturated carbocycles. The summed E-state index contributed by atoms with van der Waals surface area (Å²) in [5, 5.41) is 11.5.